The molecule has 0 aromatic rings. The van der Waals surface area contributed by atoms with E-state index in [1.54, 1.807) is 5.20 Å². The van der Waals surface area contributed by atoms with Crippen LogP contribution in [-0.2, 0) is 4.74 Å². The maximum absolute atomic E-state index is 6.24. The van der Waals surface area contributed by atoms with Crippen molar-refractivity contribution in [2.24, 2.45) is 23.7 Å². The van der Waals surface area contributed by atoms with E-state index in [0.717, 1.165) is 36.7 Å². The highest BCUT2D eigenvalue weighted by Gasteiger charge is 2.31. The zero-order valence-corrected chi connectivity index (χ0v) is 16.6. The van der Waals surface area contributed by atoms with Crippen molar-refractivity contribution in [3.8, 4) is 0 Å². The second-order valence-electron chi connectivity index (χ2n) is 8.92. The molecule has 2 heteroatoms. The van der Waals surface area contributed by atoms with Crippen LogP contribution in [-0.4, -0.2) is 14.7 Å². The van der Waals surface area contributed by atoms with Crippen molar-refractivity contribution in [3.63, 3.8) is 0 Å². The summed E-state index contributed by atoms with van der Waals surface area (Å²) in [7, 11) is -1.23. The monoisotopic (exact) mass is 320 g/mol. The van der Waals surface area contributed by atoms with Gasteiger partial charge in [-0.25, -0.2) is 0 Å². The largest absolute Gasteiger partial charge is 0.494 e. The fourth-order valence-corrected chi connectivity index (χ4v) is 5.97. The molecule has 0 aromatic carbocycles. The van der Waals surface area contributed by atoms with Crippen LogP contribution >= 0.6 is 0 Å². The molecule has 1 nitrogen and oxygen atoms in total. The Morgan fingerprint density at radius 2 is 1.95 bits per heavy atom. The normalized spacial score (nSPS) is 29.5. The van der Waals surface area contributed by atoms with Crippen molar-refractivity contribution < 1.29 is 4.74 Å². The summed E-state index contributed by atoms with van der Waals surface area (Å²) in [5.41, 5.74) is 0. The average Bonchev–Trinajstić information content (AvgIpc) is 2.87. The summed E-state index contributed by atoms with van der Waals surface area (Å²) in [5.74, 6) is 4.71. The standard InChI is InChI=1S/C20H36OSi/c1-15(2)18-11-10-16(3)14-17(18)12-13-21-19-8-7-9-20(19)22(4,5)6/h7-8,15-18H,9-14H2,1-6H3. The first-order valence-electron chi connectivity index (χ1n) is 9.32. The first-order chi connectivity index (χ1) is 10.3. The molecule has 22 heavy (non-hydrogen) atoms. The van der Waals surface area contributed by atoms with E-state index in [2.05, 4.69) is 52.6 Å². The van der Waals surface area contributed by atoms with Crippen LogP contribution in [0.4, 0.5) is 0 Å². The minimum atomic E-state index is -1.23. The molecule has 0 saturated heterocycles. The molecule has 0 bridgehead atoms. The summed E-state index contributed by atoms with van der Waals surface area (Å²) in [6.45, 7) is 15.4. The highest BCUT2D eigenvalue weighted by atomic mass is 28.3. The maximum atomic E-state index is 6.24. The van der Waals surface area contributed by atoms with Gasteiger partial charge in [-0.2, -0.15) is 0 Å². The van der Waals surface area contributed by atoms with Gasteiger partial charge in [0.05, 0.1) is 14.7 Å². The number of hydrogen-bond donors (Lipinski definition) is 0. The summed E-state index contributed by atoms with van der Waals surface area (Å²) < 4.78 is 6.24. The van der Waals surface area contributed by atoms with E-state index in [4.69, 9.17) is 4.74 Å². The summed E-state index contributed by atoms with van der Waals surface area (Å²) in [4.78, 5) is 0. The van der Waals surface area contributed by atoms with Crippen molar-refractivity contribution in [2.75, 3.05) is 6.61 Å². The molecule has 0 spiro atoms. The summed E-state index contributed by atoms with van der Waals surface area (Å²) in [6, 6.07) is 0. The van der Waals surface area contributed by atoms with Crippen LogP contribution in [0.2, 0.25) is 19.6 Å². The van der Waals surface area contributed by atoms with Crippen molar-refractivity contribution in [1.82, 2.24) is 0 Å². The molecular weight excluding hydrogens is 284 g/mol. The lowest BCUT2D eigenvalue weighted by atomic mass is 9.69. The molecule has 0 heterocycles. The predicted octanol–water partition coefficient (Wildman–Crippen LogP) is 6.19. The van der Waals surface area contributed by atoms with Crippen molar-refractivity contribution in [3.05, 3.63) is 23.1 Å². The number of allylic oxidation sites excluding steroid dienone is 3. The Morgan fingerprint density at radius 3 is 2.59 bits per heavy atom. The van der Waals surface area contributed by atoms with Gasteiger partial charge in [0.2, 0.25) is 0 Å². The van der Waals surface area contributed by atoms with Crippen LogP contribution in [0.15, 0.2) is 23.1 Å². The van der Waals surface area contributed by atoms with Gasteiger partial charge in [0.15, 0.2) is 0 Å². The lowest BCUT2D eigenvalue weighted by Crippen LogP contribution is -2.28. The van der Waals surface area contributed by atoms with E-state index in [-0.39, 0.29) is 0 Å². The lowest BCUT2D eigenvalue weighted by Gasteiger charge is -2.37. The highest BCUT2D eigenvalue weighted by molar-refractivity contribution is 6.83. The molecule has 0 amide bonds. The summed E-state index contributed by atoms with van der Waals surface area (Å²) in [6.07, 6.45) is 11.1. The Kier molecular flexibility index (Phi) is 5.98. The van der Waals surface area contributed by atoms with Gasteiger partial charge in [-0.1, -0.05) is 52.9 Å². The second kappa shape index (κ2) is 7.38. The molecule has 3 unspecified atom stereocenters. The quantitative estimate of drug-likeness (QED) is 0.530. The van der Waals surface area contributed by atoms with Gasteiger partial charge >= 0.3 is 0 Å². The second-order valence-corrected chi connectivity index (χ2v) is 14.0. The Hall–Kier alpha value is -0.503. The zero-order chi connectivity index (χ0) is 16.3. The molecular formula is C20H36OSi. The first kappa shape index (κ1) is 17.8. The fraction of sp³-hybridized carbons (Fsp3) is 0.800. The van der Waals surface area contributed by atoms with Crippen LogP contribution in [0.5, 0.6) is 0 Å². The van der Waals surface area contributed by atoms with Crippen LogP contribution in [0, 0.1) is 23.7 Å². The Morgan fingerprint density at radius 1 is 1.23 bits per heavy atom. The Labute approximate surface area is 139 Å². The minimum absolute atomic E-state index is 0.820. The molecule has 2 aliphatic carbocycles. The highest BCUT2D eigenvalue weighted by Crippen LogP contribution is 2.40. The summed E-state index contributed by atoms with van der Waals surface area (Å²) >= 11 is 0. The van der Waals surface area contributed by atoms with Gasteiger partial charge in [0, 0.05) is 0 Å². The number of rotatable bonds is 6. The molecule has 126 valence electrons. The molecule has 0 radical (unpaired) electrons. The lowest BCUT2D eigenvalue weighted by molar-refractivity contribution is 0.104. The van der Waals surface area contributed by atoms with E-state index in [9.17, 15) is 0 Å². The topological polar surface area (TPSA) is 9.23 Å². The number of ether oxygens (including phenoxy) is 1. The third-order valence-electron chi connectivity index (χ3n) is 5.70. The molecule has 0 aromatic heterocycles. The third-order valence-corrected chi connectivity index (χ3v) is 7.96. The van der Waals surface area contributed by atoms with E-state index in [0.29, 0.717) is 0 Å². The van der Waals surface area contributed by atoms with Gasteiger partial charge in [-0.3, -0.25) is 0 Å². The predicted molar refractivity (Wildman–Crippen MR) is 99.5 cm³/mol. The Balaban J connectivity index is 1.90. The first-order valence-corrected chi connectivity index (χ1v) is 12.8. The van der Waals surface area contributed by atoms with Gasteiger partial charge in [0.1, 0.15) is 5.76 Å². The third kappa shape index (κ3) is 4.50. The van der Waals surface area contributed by atoms with Gasteiger partial charge in [0.25, 0.3) is 0 Å². The van der Waals surface area contributed by atoms with Crippen LogP contribution < -0.4 is 0 Å². The van der Waals surface area contributed by atoms with E-state index >= 15 is 0 Å². The average molecular weight is 321 g/mol. The molecule has 3 atom stereocenters. The van der Waals surface area contributed by atoms with Crippen LogP contribution in [0.1, 0.15) is 52.9 Å². The van der Waals surface area contributed by atoms with Crippen molar-refractivity contribution >= 4 is 8.07 Å². The molecule has 1 fully saturated rings. The molecule has 1 saturated carbocycles. The number of hydrogen-bond acceptors (Lipinski definition) is 1. The Bertz CT molecular complexity index is 427. The molecule has 2 aliphatic rings. The fourth-order valence-electron chi connectivity index (χ4n) is 4.35. The minimum Gasteiger partial charge on any atom is -0.494 e. The van der Waals surface area contributed by atoms with Crippen LogP contribution in [0.3, 0.4) is 0 Å². The van der Waals surface area contributed by atoms with Gasteiger partial charge in [-0.15, -0.1) is 0 Å². The van der Waals surface area contributed by atoms with Crippen molar-refractivity contribution in [1.29, 1.82) is 0 Å². The smallest absolute Gasteiger partial charge is 0.114 e. The zero-order valence-electron chi connectivity index (χ0n) is 15.6. The van der Waals surface area contributed by atoms with Crippen molar-refractivity contribution in [2.45, 2.75) is 72.5 Å². The van der Waals surface area contributed by atoms with Crippen LogP contribution in [0.25, 0.3) is 0 Å². The molecule has 0 N–H and O–H groups in total. The summed E-state index contributed by atoms with van der Waals surface area (Å²) in [5, 5.41) is 1.60. The molecule has 0 aliphatic heterocycles. The van der Waals surface area contributed by atoms with Gasteiger partial charge in [-0.05, 0) is 60.6 Å². The molecule has 2 rings (SSSR count). The maximum Gasteiger partial charge on any atom is 0.114 e. The SMILES string of the molecule is CC1CCC(C(C)C)C(CCOC2=C([Si](C)(C)C)CC=C2)C1. The van der Waals surface area contributed by atoms with Gasteiger partial charge < -0.3 is 4.74 Å². The van der Waals surface area contributed by atoms with E-state index in [1.165, 1.54) is 31.4 Å². The van der Waals surface area contributed by atoms with E-state index in [1.807, 2.05) is 0 Å². The van der Waals surface area contributed by atoms with E-state index < -0.39 is 8.07 Å².